The van der Waals surface area contributed by atoms with Crippen LogP contribution < -0.4 is 0 Å². The van der Waals surface area contributed by atoms with E-state index in [4.69, 9.17) is 9.90 Å². The van der Waals surface area contributed by atoms with Crippen LogP contribution in [0.3, 0.4) is 0 Å². The van der Waals surface area contributed by atoms with Crippen LogP contribution >= 0.6 is 0 Å². The number of hydrogen-bond donors (Lipinski definition) is 1. The molecule has 0 saturated heterocycles. The molecule has 0 aliphatic heterocycles. The van der Waals surface area contributed by atoms with Gasteiger partial charge >= 0.3 is 0 Å². The van der Waals surface area contributed by atoms with E-state index in [1.165, 1.54) is 32.1 Å². The van der Waals surface area contributed by atoms with Gasteiger partial charge in [-0.1, -0.05) is 49.6 Å². The minimum atomic E-state index is -0.250. The molecule has 0 amide bonds. The van der Waals surface area contributed by atoms with Crippen LogP contribution in [0.4, 0.5) is 0 Å². The van der Waals surface area contributed by atoms with E-state index in [1.807, 2.05) is 0 Å². The van der Waals surface area contributed by atoms with Crippen molar-refractivity contribution in [1.82, 2.24) is 0 Å². The van der Waals surface area contributed by atoms with Crippen LogP contribution in [0, 0.1) is 0 Å². The summed E-state index contributed by atoms with van der Waals surface area (Å²) >= 11 is 0. The minimum Gasteiger partial charge on any atom is -0.483 e. The molecule has 0 aromatic heterocycles. The van der Waals surface area contributed by atoms with Crippen LogP contribution in [-0.4, -0.2) is 11.6 Å². The zero-order valence-corrected chi connectivity index (χ0v) is 8.93. The standard InChI is InChI=1S/C12H16.CH2O2/c1-3-7-11(8-4-1)12-9-5-2-6-10-12;2-1-3/h1,3-4,7-8,12H,2,5-6,9-10H2;1H,(H,2,3). The van der Waals surface area contributed by atoms with Crippen LogP contribution in [0.25, 0.3) is 0 Å². The molecule has 0 bridgehead atoms. The normalized spacial score (nSPS) is 16.3. The third-order valence-electron chi connectivity index (χ3n) is 2.88. The molecule has 1 aromatic carbocycles. The maximum atomic E-state index is 8.36. The van der Waals surface area contributed by atoms with Gasteiger partial charge < -0.3 is 5.11 Å². The summed E-state index contributed by atoms with van der Waals surface area (Å²) in [5.41, 5.74) is 1.55. The molecule has 15 heavy (non-hydrogen) atoms. The first kappa shape index (κ1) is 11.8. The molecule has 2 rings (SSSR count). The molecule has 0 heterocycles. The monoisotopic (exact) mass is 206 g/mol. The Bertz CT molecular complexity index is 263. The first-order valence-corrected chi connectivity index (χ1v) is 5.51. The Balaban J connectivity index is 0.000000337. The van der Waals surface area contributed by atoms with Crippen LogP contribution in [0.1, 0.15) is 43.6 Å². The Kier molecular flexibility index (Phi) is 5.52. The average Bonchev–Trinajstić information content (AvgIpc) is 2.32. The number of hydrogen-bond acceptors (Lipinski definition) is 1. The Hall–Kier alpha value is -1.31. The lowest BCUT2D eigenvalue weighted by Crippen LogP contribution is -2.03. The number of benzene rings is 1. The van der Waals surface area contributed by atoms with E-state index >= 15 is 0 Å². The van der Waals surface area contributed by atoms with Gasteiger partial charge in [-0.05, 0) is 24.3 Å². The summed E-state index contributed by atoms with van der Waals surface area (Å²) in [5, 5.41) is 6.89. The number of carbonyl (C=O) groups is 1. The maximum Gasteiger partial charge on any atom is 0.290 e. The van der Waals surface area contributed by atoms with Crippen molar-refractivity contribution in [2.75, 3.05) is 0 Å². The highest BCUT2D eigenvalue weighted by atomic mass is 16.3. The Morgan fingerprint density at radius 3 is 2.13 bits per heavy atom. The van der Waals surface area contributed by atoms with Crippen LogP contribution in [0.15, 0.2) is 30.3 Å². The quantitative estimate of drug-likeness (QED) is 0.715. The molecule has 1 saturated carbocycles. The third-order valence-corrected chi connectivity index (χ3v) is 2.88. The fourth-order valence-corrected chi connectivity index (χ4v) is 2.16. The Morgan fingerprint density at radius 2 is 1.60 bits per heavy atom. The Morgan fingerprint density at radius 1 is 1.07 bits per heavy atom. The molecule has 0 unspecified atom stereocenters. The fraction of sp³-hybridized carbons (Fsp3) is 0.462. The van der Waals surface area contributed by atoms with Crippen LogP contribution in [0.5, 0.6) is 0 Å². The van der Waals surface area contributed by atoms with Crippen molar-refractivity contribution in [1.29, 1.82) is 0 Å². The number of rotatable bonds is 1. The first-order valence-electron chi connectivity index (χ1n) is 5.51. The molecule has 1 N–H and O–H groups in total. The third kappa shape index (κ3) is 4.15. The average molecular weight is 206 g/mol. The van der Waals surface area contributed by atoms with Gasteiger partial charge in [0.05, 0.1) is 0 Å². The van der Waals surface area contributed by atoms with Gasteiger partial charge in [0.2, 0.25) is 0 Å². The highest BCUT2D eigenvalue weighted by Crippen LogP contribution is 2.31. The number of carboxylic acid groups (broad SMARTS) is 1. The Labute approximate surface area is 90.9 Å². The molecule has 1 fully saturated rings. The highest BCUT2D eigenvalue weighted by molar-refractivity contribution is 5.32. The lowest BCUT2D eigenvalue weighted by molar-refractivity contribution is -0.122. The van der Waals surface area contributed by atoms with E-state index < -0.39 is 0 Å². The first-order chi connectivity index (χ1) is 7.38. The van der Waals surface area contributed by atoms with Gasteiger partial charge in [-0.2, -0.15) is 0 Å². The second-order valence-electron chi connectivity index (χ2n) is 3.85. The molecule has 2 heteroatoms. The lowest BCUT2D eigenvalue weighted by Gasteiger charge is -2.21. The second kappa shape index (κ2) is 7.04. The molecule has 1 aliphatic rings. The van der Waals surface area contributed by atoms with Gasteiger partial charge in [-0.15, -0.1) is 0 Å². The summed E-state index contributed by atoms with van der Waals surface area (Å²) in [7, 11) is 0. The second-order valence-corrected chi connectivity index (χ2v) is 3.85. The van der Waals surface area contributed by atoms with Crippen molar-refractivity contribution < 1.29 is 9.90 Å². The molecular weight excluding hydrogens is 188 g/mol. The van der Waals surface area contributed by atoms with Gasteiger partial charge in [0.15, 0.2) is 0 Å². The minimum absolute atomic E-state index is 0.250. The molecule has 0 radical (unpaired) electrons. The molecule has 2 nitrogen and oxygen atoms in total. The maximum absolute atomic E-state index is 8.36. The largest absolute Gasteiger partial charge is 0.483 e. The van der Waals surface area contributed by atoms with Gasteiger partial charge in [0.25, 0.3) is 6.47 Å². The predicted molar refractivity (Wildman–Crippen MR) is 61.0 cm³/mol. The predicted octanol–water partition coefficient (Wildman–Crippen LogP) is 3.44. The van der Waals surface area contributed by atoms with Crippen molar-refractivity contribution >= 4 is 6.47 Å². The molecule has 82 valence electrons. The van der Waals surface area contributed by atoms with E-state index in [1.54, 1.807) is 5.56 Å². The summed E-state index contributed by atoms with van der Waals surface area (Å²) < 4.78 is 0. The van der Waals surface area contributed by atoms with Gasteiger partial charge in [0, 0.05) is 0 Å². The van der Waals surface area contributed by atoms with E-state index in [-0.39, 0.29) is 6.47 Å². The smallest absolute Gasteiger partial charge is 0.290 e. The van der Waals surface area contributed by atoms with Crippen molar-refractivity contribution in [2.45, 2.75) is 38.0 Å². The summed E-state index contributed by atoms with van der Waals surface area (Å²) in [6.07, 6.45) is 7.12. The summed E-state index contributed by atoms with van der Waals surface area (Å²) in [5.74, 6) is 0.861. The summed E-state index contributed by atoms with van der Waals surface area (Å²) in [4.78, 5) is 8.36. The SMILES string of the molecule is O=CO.c1ccc(C2CCCCC2)cc1. The lowest BCUT2D eigenvalue weighted by atomic mass is 9.84. The topological polar surface area (TPSA) is 37.3 Å². The molecule has 0 spiro atoms. The van der Waals surface area contributed by atoms with E-state index in [2.05, 4.69) is 30.3 Å². The van der Waals surface area contributed by atoms with Gasteiger partial charge in [0.1, 0.15) is 0 Å². The zero-order valence-electron chi connectivity index (χ0n) is 8.93. The van der Waals surface area contributed by atoms with E-state index in [9.17, 15) is 0 Å². The van der Waals surface area contributed by atoms with Crippen molar-refractivity contribution in [3.63, 3.8) is 0 Å². The molecule has 1 aromatic rings. The van der Waals surface area contributed by atoms with Crippen molar-refractivity contribution in [3.8, 4) is 0 Å². The summed E-state index contributed by atoms with van der Waals surface area (Å²) in [6, 6.07) is 11.0. The van der Waals surface area contributed by atoms with Gasteiger partial charge in [-0.3, -0.25) is 4.79 Å². The molecular formula is C13H18O2. The zero-order chi connectivity index (χ0) is 10.9. The fourth-order valence-electron chi connectivity index (χ4n) is 2.16. The van der Waals surface area contributed by atoms with Crippen molar-refractivity contribution in [3.05, 3.63) is 35.9 Å². The molecule has 0 atom stereocenters. The van der Waals surface area contributed by atoms with E-state index in [0.29, 0.717) is 0 Å². The molecule has 1 aliphatic carbocycles. The van der Waals surface area contributed by atoms with Crippen molar-refractivity contribution in [2.24, 2.45) is 0 Å². The highest BCUT2D eigenvalue weighted by Gasteiger charge is 2.14. The van der Waals surface area contributed by atoms with Crippen LogP contribution in [-0.2, 0) is 4.79 Å². The van der Waals surface area contributed by atoms with Crippen LogP contribution in [0.2, 0.25) is 0 Å². The van der Waals surface area contributed by atoms with E-state index in [0.717, 1.165) is 5.92 Å². The van der Waals surface area contributed by atoms with Gasteiger partial charge in [-0.25, -0.2) is 0 Å². The summed E-state index contributed by atoms with van der Waals surface area (Å²) in [6.45, 7) is -0.250.